The molecule has 0 heterocycles. The summed E-state index contributed by atoms with van der Waals surface area (Å²) in [5, 5.41) is 2.95. The van der Waals surface area contributed by atoms with Gasteiger partial charge in [-0.3, -0.25) is 4.79 Å². The minimum Gasteiger partial charge on any atom is -0.352 e. The Balaban J connectivity index is 0.00000106. The zero-order chi connectivity index (χ0) is 15.5. The fourth-order valence-electron chi connectivity index (χ4n) is 1.91. The van der Waals surface area contributed by atoms with Gasteiger partial charge in [0.15, 0.2) is 0 Å². The first-order valence-corrected chi connectivity index (χ1v) is 7.63. The molecule has 2 nitrogen and oxygen atoms in total. The average molecular weight is 283 g/mol. The van der Waals surface area contributed by atoms with Crippen LogP contribution in [0.1, 0.15) is 31.4 Å². The Labute approximate surface area is 128 Å². The van der Waals surface area contributed by atoms with Crippen molar-refractivity contribution in [2.75, 3.05) is 6.54 Å². The molecule has 0 saturated carbocycles. The van der Waals surface area contributed by atoms with Gasteiger partial charge in [-0.05, 0) is 31.4 Å². The smallest absolute Gasteiger partial charge is 0.251 e. The van der Waals surface area contributed by atoms with Crippen molar-refractivity contribution in [3.05, 3.63) is 71.3 Å². The van der Waals surface area contributed by atoms with E-state index in [9.17, 15) is 4.79 Å². The first kappa shape index (κ1) is 17.0. The maximum absolute atomic E-state index is 11.9. The second-order valence-corrected chi connectivity index (χ2v) is 4.68. The van der Waals surface area contributed by atoms with Crippen LogP contribution in [0.15, 0.2) is 60.2 Å². The lowest BCUT2D eigenvalue weighted by atomic mass is 10.1. The van der Waals surface area contributed by atoms with Gasteiger partial charge in [0.2, 0.25) is 0 Å². The van der Waals surface area contributed by atoms with E-state index >= 15 is 0 Å². The summed E-state index contributed by atoms with van der Waals surface area (Å²) in [5.74, 6) is -0.00471. The van der Waals surface area contributed by atoms with Crippen molar-refractivity contribution < 1.29 is 4.79 Å². The number of carbonyl (C=O) groups excluding carboxylic acids is 1. The van der Waals surface area contributed by atoms with Crippen molar-refractivity contribution >= 4 is 5.91 Å². The fraction of sp³-hybridized carbons (Fsp3) is 0.316. The van der Waals surface area contributed by atoms with Gasteiger partial charge in [0, 0.05) is 12.1 Å². The number of amides is 1. The van der Waals surface area contributed by atoms with E-state index in [4.69, 9.17) is 0 Å². The standard InChI is InChI=1S/C17H19NO.C2H6/c1-14-8-10-15(11-9-14)12-13-18-17(19)16-6-4-2-3-5-7-16;1-2/h2,4-11H,3,12-13H2,1H3,(H,18,19);1-2H3. The lowest BCUT2D eigenvalue weighted by Gasteiger charge is -2.06. The summed E-state index contributed by atoms with van der Waals surface area (Å²) < 4.78 is 0. The van der Waals surface area contributed by atoms with E-state index in [-0.39, 0.29) is 5.91 Å². The molecule has 0 spiro atoms. The van der Waals surface area contributed by atoms with Gasteiger partial charge in [0.1, 0.15) is 0 Å². The highest BCUT2D eigenvalue weighted by Crippen LogP contribution is 2.06. The van der Waals surface area contributed by atoms with Crippen LogP contribution in [0.4, 0.5) is 0 Å². The number of hydrogen-bond acceptors (Lipinski definition) is 1. The van der Waals surface area contributed by atoms with Crippen LogP contribution in [0.5, 0.6) is 0 Å². The average Bonchev–Trinajstić information content (AvgIpc) is 2.80. The third kappa shape index (κ3) is 6.26. The van der Waals surface area contributed by atoms with E-state index in [1.54, 1.807) is 0 Å². The van der Waals surface area contributed by atoms with Gasteiger partial charge in [-0.2, -0.15) is 0 Å². The number of carbonyl (C=O) groups is 1. The molecule has 0 radical (unpaired) electrons. The largest absolute Gasteiger partial charge is 0.352 e. The minimum atomic E-state index is -0.00471. The summed E-state index contributed by atoms with van der Waals surface area (Å²) in [6, 6.07) is 8.40. The van der Waals surface area contributed by atoms with E-state index in [1.807, 2.05) is 44.2 Å². The summed E-state index contributed by atoms with van der Waals surface area (Å²) >= 11 is 0. The summed E-state index contributed by atoms with van der Waals surface area (Å²) in [6.07, 6.45) is 11.4. The second-order valence-electron chi connectivity index (χ2n) is 4.68. The van der Waals surface area contributed by atoms with E-state index in [2.05, 4.69) is 36.5 Å². The molecule has 1 N–H and O–H groups in total. The predicted molar refractivity (Wildman–Crippen MR) is 90.2 cm³/mol. The fourth-order valence-corrected chi connectivity index (χ4v) is 1.91. The Morgan fingerprint density at radius 2 is 1.86 bits per heavy atom. The monoisotopic (exact) mass is 283 g/mol. The van der Waals surface area contributed by atoms with Crippen molar-refractivity contribution in [2.45, 2.75) is 33.6 Å². The molecule has 1 aromatic rings. The van der Waals surface area contributed by atoms with Gasteiger partial charge in [0.25, 0.3) is 5.91 Å². The van der Waals surface area contributed by atoms with Crippen LogP contribution in [0.3, 0.4) is 0 Å². The molecule has 0 bridgehead atoms. The van der Waals surface area contributed by atoms with Crippen LogP contribution in [0.2, 0.25) is 0 Å². The number of benzene rings is 1. The molecule has 0 saturated heterocycles. The molecule has 0 aliphatic heterocycles. The molecule has 1 aromatic carbocycles. The summed E-state index contributed by atoms with van der Waals surface area (Å²) in [7, 11) is 0. The molecule has 0 atom stereocenters. The van der Waals surface area contributed by atoms with Crippen molar-refractivity contribution in [3.8, 4) is 0 Å². The van der Waals surface area contributed by atoms with E-state index in [0.717, 1.165) is 18.4 Å². The number of allylic oxidation sites excluding steroid dienone is 4. The normalized spacial score (nSPS) is 12.8. The van der Waals surface area contributed by atoms with Crippen molar-refractivity contribution in [1.29, 1.82) is 0 Å². The summed E-state index contributed by atoms with van der Waals surface area (Å²) in [5.41, 5.74) is 3.22. The van der Waals surface area contributed by atoms with E-state index < -0.39 is 0 Å². The highest BCUT2D eigenvalue weighted by atomic mass is 16.1. The number of nitrogens with one attached hydrogen (secondary N) is 1. The molecule has 1 amide bonds. The zero-order valence-electron chi connectivity index (χ0n) is 13.2. The van der Waals surface area contributed by atoms with Crippen LogP contribution in [-0.4, -0.2) is 12.5 Å². The number of aryl methyl sites for hydroxylation is 1. The van der Waals surface area contributed by atoms with Crippen LogP contribution in [0.25, 0.3) is 0 Å². The molecule has 0 unspecified atom stereocenters. The lowest BCUT2D eigenvalue weighted by Crippen LogP contribution is -2.26. The molecular weight excluding hydrogens is 258 g/mol. The highest BCUT2D eigenvalue weighted by molar-refractivity contribution is 5.96. The van der Waals surface area contributed by atoms with Crippen molar-refractivity contribution in [1.82, 2.24) is 5.32 Å². The number of hydrogen-bond donors (Lipinski definition) is 1. The third-order valence-electron chi connectivity index (χ3n) is 3.06. The Morgan fingerprint density at radius 3 is 2.57 bits per heavy atom. The molecule has 0 aromatic heterocycles. The van der Waals surface area contributed by atoms with Crippen LogP contribution in [-0.2, 0) is 11.2 Å². The Morgan fingerprint density at radius 1 is 1.14 bits per heavy atom. The highest BCUT2D eigenvalue weighted by Gasteiger charge is 2.05. The SMILES string of the molecule is CC.Cc1ccc(CCNC(=O)C2=CC=CCC=C2)cc1. The Hall–Kier alpha value is -2.09. The van der Waals surface area contributed by atoms with Gasteiger partial charge in [0.05, 0.1) is 0 Å². The van der Waals surface area contributed by atoms with Gasteiger partial charge in [-0.25, -0.2) is 0 Å². The first-order valence-electron chi connectivity index (χ1n) is 7.63. The molecule has 2 heteroatoms. The number of rotatable bonds is 4. The zero-order valence-corrected chi connectivity index (χ0v) is 13.2. The third-order valence-corrected chi connectivity index (χ3v) is 3.06. The van der Waals surface area contributed by atoms with Gasteiger partial charge < -0.3 is 5.32 Å². The maximum atomic E-state index is 11.9. The van der Waals surface area contributed by atoms with Crippen molar-refractivity contribution in [3.63, 3.8) is 0 Å². The van der Waals surface area contributed by atoms with Gasteiger partial charge >= 0.3 is 0 Å². The maximum Gasteiger partial charge on any atom is 0.251 e. The van der Waals surface area contributed by atoms with Crippen LogP contribution < -0.4 is 5.32 Å². The minimum absolute atomic E-state index is 0.00471. The molecule has 1 aliphatic carbocycles. The molecular formula is C19H25NO. The molecule has 1 aliphatic rings. The molecule has 112 valence electrons. The summed E-state index contributed by atoms with van der Waals surface area (Å²) in [4.78, 5) is 11.9. The van der Waals surface area contributed by atoms with Gasteiger partial charge in [-0.15, -0.1) is 0 Å². The van der Waals surface area contributed by atoms with Crippen molar-refractivity contribution in [2.24, 2.45) is 0 Å². The van der Waals surface area contributed by atoms with Crippen LogP contribution in [0, 0.1) is 6.92 Å². The second kappa shape index (κ2) is 9.76. The van der Waals surface area contributed by atoms with E-state index in [1.165, 1.54) is 11.1 Å². The molecule has 2 rings (SSSR count). The lowest BCUT2D eigenvalue weighted by molar-refractivity contribution is -0.117. The summed E-state index contributed by atoms with van der Waals surface area (Å²) in [6.45, 7) is 6.74. The van der Waals surface area contributed by atoms with Gasteiger partial charge in [-0.1, -0.05) is 68.0 Å². The molecule has 0 fully saturated rings. The Bertz CT molecular complexity index is 521. The predicted octanol–water partition coefficient (Wildman–Crippen LogP) is 4.12. The van der Waals surface area contributed by atoms with E-state index in [0.29, 0.717) is 6.54 Å². The Kier molecular flexibility index (Phi) is 7.88. The quantitative estimate of drug-likeness (QED) is 0.884. The van der Waals surface area contributed by atoms with Crippen LogP contribution >= 0.6 is 0 Å². The first-order chi connectivity index (χ1) is 10.3. The molecule has 21 heavy (non-hydrogen) atoms. The topological polar surface area (TPSA) is 29.1 Å².